The lowest BCUT2D eigenvalue weighted by atomic mass is 10.1. The van der Waals surface area contributed by atoms with Crippen molar-refractivity contribution in [1.82, 2.24) is 10.2 Å². The van der Waals surface area contributed by atoms with Crippen LogP contribution in [0.3, 0.4) is 0 Å². The molecule has 0 aliphatic heterocycles. The van der Waals surface area contributed by atoms with Gasteiger partial charge in [-0.1, -0.05) is 23.7 Å². The monoisotopic (exact) mass is 529 g/mol. The molecule has 2 aromatic carbocycles. The highest BCUT2D eigenvalue weighted by Gasteiger charge is 2.27. The molecule has 7 nitrogen and oxygen atoms in total. The van der Waals surface area contributed by atoms with Crippen LogP contribution in [0.4, 0.5) is 14.5 Å². The molecule has 35 heavy (non-hydrogen) atoms. The van der Waals surface area contributed by atoms with Crippen molar-refractivity contribution in [2.45, 2.75) is 52.2 Å². The Kier molecular flexibility index (Phi) is 10.0. The molecule has 0 saturated carbocycles. The fourth-order valence-electron chi connectivity index (χ4n) is 3.42. The molecule has 0 aromatic heterocycles. The van der Waals surface area contributed by atoms with E-state index >= 15 is 0 Å². The number of halogens is 3. The first-order valence-electron chi connectivity index (χ1n) is 11.1. The molecule has 0 heterocycles. The first-order valence-corrected chi connectivity index (χ1v) is 13.3. The molecule has 1 atom stereocenters. The number of rotatable bonds is 11. The van der Waals surface area contributed by atoms with Crippen LogP contribution < -0.4 is 9.62 Å². The second-order valence-corrected chi connectivity index (χ2v) is 10.9. The molecule has 11 heteroatoms. The Labute approximate surface area is 210 Å². The van der Waals surface area contributed by atoms with Crippen molar-refractivity contribution in [3.05, 3.63) is 64.7 Å². The normalized spacial score (nSPS) is 12.3. The third kappa shape index (κ3) is 8.47. The molecule has 0 fully saturated rings. The van der Waals surface area contributed by atoms with Gasteiger partial charge in [-0.15, -0.1) is 0 Å². The summed E-state index contributed by atoms with van der Waals surface area (Å²) in [7, 11) is -3.82. The SMILES string of the molecule is CC(C)NC(=O)[C@@H](C)N(Cc1ccc(Cl)cc1)C(=O)CCCN(c1ccc(F)c(F)c1)S(C)(=O)=O. The van der Waals surface area contributed by atoms with Crippen LogP contribution in [0.2, 0.25) is 5.02 Å². The van der Waals surface area contributed by atoms with Crippen LogP contribution >= 0.6 is 11.6 Å². The second-order valence-electron chi connectivity index (χ2n) is 8.52. The number of nitrogens with zero attached hydrogens (tertiary/aromatic N) is 2. The molecular weight excluding hydrogens is 500 g/mol. The molecule has 2 aromatic rings. The summed E-state index contributed by atoms with van der Waals surface area (Å²) in [5, 5.41) is 3.33. The highest BCUT2D eigenvalue weighted by atomic mass is 35.5. The summed E-state index contributed by atoms with van der Waals surface area (Å²) in [5.41, 5.74) is 0.730. The van der Waals surface area contributed by atoms with Crippen molar-refractivity contribution in [2.75, 3.05) is 17.1 Å². The second kappa shape index (κ2) is 12.3. The lowest BCUT2D eigenvalue weighted by Crippen LogP contribution is -2.49. The number of carbonyl (C=O) groups excluding carboxylic acids is 2. The largest absolute Gasteiger partial charge is 0.352 e. The molecule has 0 spiro atoms. The third-order valence-electron chi connectivity index (χ3n) is 5.21. The van der Waals surface area contributed by atoms with E-state index in [1.165, 1.54) is 4.90 Å². The van der Waals surface area contributed by atoms with E-state index in [4.69, 9.17) is 11.6 Å². The van der Waals surface area contributed by atoms with Crippen LogP contribution in [0.15, 0.2) is 42.5 Å². The minimum absolute atomic E-state index is 0.0402. The van der Waals surface area contributed by atoms with E-state index in [1.807, 2.05) is 13.8 Å². The highest BCUT2D eigenvalue weighted by molar-refractivity contribution is 7.92. The van der Waals surface area contributed by atoms with Crippen molar-refractivity contribution in [1.29, 1.82) is 0 Å². The number of hydrogen-bond donors (Lipinski definition) is 1. The predicted octanol–water partition coefficient (Wildman–Crippen LogP) is 4.11. The number of amides is 2. The highest BCUT2D eigenvalue weighted by Crippen LogP contribution is 2.22. The summed E-state index contributed by atoms with van der Waals surface area (Å²) in [6.45, 7) is 5.27. The third-order valence-corrected chi connectivity index (χ3v) is 6.65. The lowest BCUT2D eigenvalue weighted by Gasteiger charge is -2.30. The van der Waals surface area contributed by atoms with Gasteiger partial charge in [-0.25, -0.2) is 17.2 Å². The summed E-state index contributed by atoms with van der Waals surface area (Å²) < 4.78 is 52.4. The Morgan fingerprint density at radius 2 is 1.66 bits per heavy atom. The molecule has 2 amide bonds. The van der Waals surface area contributed by atoms with Gasteiger partial charge in [0.25, 0.3) is 0 Å². The van der Waals surface area contributed by atoms with E-state index in [1.54, 1.807) is 31.2 Å². The smallest absolute Gasteiger partial charge is 0.242 e. The fraction of sp³-hybridized carbons (Fsp3) is 0.417. The number of nitrogens with one attached hydrogen (secondary N) is 1. The first kappa shape index (κ1) is 28.5. The van der Waals surface area contributed by atoms with Gasteiger partial charge in [0.05, 0.1) is 11.9 Å². The van der Waals surface area contributed by atoms with Crippen LogP contribution in [-0.2, 0) is 26.2 Å². The number of hydrogen-bond acceptors (Lipinski definition) is 4. The Morgan fingerprint density at radius 1 is 1.03 bits per heavy atom. The number of anilines is 1. The van der Waals surface area contributed by atoms with Crippen molar-refractivity contribution in [3.8, 4) is 0 Å². The molecule has 192 valence electrons. The van der Waals surface area contributed by atoms with E-state index in [-0.39, 0.29) is 49.5 Å². The minimum Gasteiger partial charge on any atom is -0.352 e. The molecule has 2 rings (SSSR count). The molecule has 0 aliphatic rings. The van der Waals surface area contributed by atoms with Gasteiger partial charge in [0.15, 0.2) is 11.6 Å². The summed E-state index contributed by atoms with van der Waals surface area (Å²) in [6, 6.07) is 8.78. The van der Waals surface area contributed by atoms with Gasteiger partial charge < -0.3 is 10.2 Å². The molecular formula is C24H30ClF2N3O4S. The van der Waals surface area contributed by atoms with Gasteiger partial charge in [0.1, 0.15) is 6.04 Å². The zero-order valence-corrected chi connectivity index (χ0v) is 21.7. The standard InChI is InChI=1S/C24H30ClF2N3O4S/c1-16(2)28-24(32)17(3)29(15-18-7-9-19(25)10-8-18)23(31)6-5-13-30(35(4,33)34)20-11-12-21(26)22(27)14-20/h7-12,14,16-17H,5-6,13,15H2,1-4H3,(H,28,32)/t17-/m1/s1. The number of sulfonamides is 1. The molecule has 0 bridgehead atoms. The Balaban J connectivity index is 2.18. The number of benzene rings is 2. The molecule has 0 radical (unpaired) electrons. The summed E-state index contributed by atoms with van der Waals surface area (Å²) >= 11 is 5.94. The Morgan fingerprint density at radius 3 is 2.20 bits per heavy atom. The summed E-state index contributed by atoms with van der Waals surface area (Å²) in [4.78, 5) is 27.2. The summed E-state index contributed by atoms with van der Waals surface area (Å²) in [6.07, 6.45) is 0.977. The van der Waals surface area contributed by atoms with E-state index in [2.05, 4.69) is 5.32 Å². The van der Waals surface area contributed by atoms with Crippen LogP contribution in [0, 0.1) is 11.6 Å². The fourth-order valence-corrected chi connectivity index (χ4v) is 4.50. The van der Waals surface area contributed by atoms with Gasteiger partial charge in [-0.2, -0.15) is 0 Å². The van der Waals surface area contributed by atoms with Crippen LogP contribution in [0.5, 0.6) is 0 Å². The van der Waals surface area contributed by atoms with Crippen LogP contribution in [0.25, 0.3) is 0 Å². The van der Waals surface area contributed by atoms with Crippen molar-refractivity contribution in [2.24, 2.45) is 0 Å². The van der Waals surface area contributed by atoms with Gasteiger partial charge in [0.2, 0.25) is 21.8 Å². The minimum atomic E-state index is -3.82. The maximum Gasteiger partial charge on any atom is 0.242 e. The Hall–Kier alpha value is -2.72. The Bertz CT molecular complexity index is 1140. The van der Waals surface area contributed by atoms with Gasteiger partial charge >= 0.3 is 0 Å². The van der Waals surface area contributed by atoms with E-state index < -0.39 is 27.7 Å². The average Bonchev–Trinajstić information content (AvgIpc) is 2.76. The van der Waals surface area contributed by atoms with Gasteiger partial charge in [-0.05, 0) is 57.0 Å². The van der Waals surface area contributed by atoms with E-state index in [0.29, 0.717) is 5.02 Å². The quantitative estimate of drug-likeness (QED) is 0.474. The predicted molar refractivity (Wildman–Crippen MR) is 133 cm³/mol. The zero-order chi connectivity index (χ0) is 26.3. The molecule has 0 aliphatic carbocycles. The van der Waals surface area contributed by atoms with Gasteiger partial charge in [-0.3, -0.25) is 13.9 Å². The van der Waals surface area contributed by atoms with Crippen molar-refractivity contribution < 1.29 is 26.8 Å². The number of carbonyl (C=O) groups is 2. The average molecular weight is 530 g/mol. The van der Waals surface area contributed by atoms with E-state index in [9.17, 15) is 26.8 Å². The van der Waals surface area contributed by atoms with Crippen LogP contribution in [0.1, 0.15) is 39.2 Å². The topological polar surface area (TPSA) is 86.8 Å². The first-order chi connectivity index (χ1) is 16.3. The maximum atomic E-state index is 13.7. The molecule has 0 saturated heterocycles. The summed E-state index contributed by atoms with van der Waals surface area (Å²) in [5.74, 6) is -2.94. The zero-order valence-electron chi connectivity index (χ0n) is 20.1. The maximum absolute atomic E-state index is 13.7. The van der Waals surface area contributed by atoms with Crippen molar-refractivity contribution >= 4 is 39.1 Å². The van der Waals surface area contributed by atoms with Gasteiger partial charge in [0, 0.05) is 36.6 Å². The molecule has 1 N–H and O–H groups in total. The van der Waals surface area contributed by atoms with Crippen molar-refractivity contribution in [3.63, 3.8) is 0 Å². The lowest BCUT2D eigenvalue weighted by molar-refractivity contribution is -0.140. The molecule has 0 unspecified atom stereocenters. The van der Waals surface area contributed by atoms with E-state index in [0.717, 1.165) is 34.3 Å². The van der Waals surface area contributed by atoms with Crippen LogP contribution in [-0.4, -0.2) is 50.0 Å².